The highest BCUT2D eigenvalue weighted by molar-refractivity contribution is 7.15. The number of aryl methyl sites for hydroxylation is 2. The lowest BCUT2D eigenvalue weighted by Crippen LogP contribution is -1.69. The van der Waals surface area contributed by atoms with Crippen molar-refractivity contribution in [1.29, 1.82) is 0 Å². The Hall–Kier alpha value is -0.700. The Kier molecular flexibility index (Phi) is 2.17. The zero-order chi connectivity index (χ0) is 7.56. The molecule has 0 amide bonds. The molecule has 0 unspecified atom stereocenters. The van der Waals surface area contributed by atoms with E-state index in [-0.39, 0.29) is 0 Å². The molecule has 0 saturated heterocycles. The van der Waals surface area contributed by atoms with Gasteiger partial charge in [0, 0.05) is 6.21 Å². The van der Waals surface area contributed by atoms with Crippen LogP contribution in [-0.2, 0) is 0 Å². The van der Waals surface area contributed by atoms with E-state index in [0.717, 1.165) is 15.7 Å². The van der Waals surface area contributed by atoms with Crippen LogP contribution in [0, 0.1) is 13.8 Å². The van der Waals surface area contributed by atoms with Crippen molar-refractivity contribution in [1.82, 2.24) is 4.98 Å². The van der Waals surface area contributed by atoms with Gasteiger partial charge in [0.1, 0.15) is 5.00 Å². The molecule has 0 saturated carbocycles. The summed E-state index contributed by atoms with van der Waals surface area (Å²) in [5.74, 6) is 0. The Morgan fingerprint density at radius 2 is 2.20 bits per heavy atom. The zero-order valence-corrected chi connectivity index (χ0v) is 7.20. The van der Waals surface area contributed by atoms with Crippen LogP contribution in [0.2, 0.25) is 0 Å². The second kappa shape index (κ2) is 2.92. The Balaban J connectivity index is 3.03. The molecule has 2 nitrogen and oxygen atoms in total. The molecule has 1 heterocycles. The minimum absolute atomic E-state index is 1.03. The maximum atomic E-state index is 4.23. The summed E-state index contributed by atoms with van der Waals surface area (Å²) >= 11 is 1.63. The lowest BCUT2D eigenvalue weighted by Gasteiger charge is -1.82. The largest absolute Gasteiger partial charge is 0.249 e. The summed E-state index contributed by atoms with van der Waals surface area (Å²) in [4.78, 5) is 8.39. The highest BCUT2D eigenvalue weighted by atomic mass is 32.1. The molecule has 0 spiro atoms. The molecule has 1 aromatic rings. The van der Waals surface area contributed by atoms with Crippen molar-refractivity contribution in [3.05, 3.63) is 10.7 Å². The predicted octanol–water partition coefficient (Wildman–Crippen LogP) is 2.48. The van der Waals surface area contributed by atoms with Gasteiger partial charge in [0.2, 0.25) is 0 Å². The number of hydrogen-bond donors (Lipinski definition) is 0. The number of hydrogen-bond acceptors (Lipinski definition) is 3. The van der Waals surface area contributed by atoms with Crippen LogP contribution in [0.1, 0.15) is 17.6 Å². The first-order chi connectivity index (χ1) is 4.74. The van der Waals surface area contributed by atoms with Crippen molar-refractivity contribution in [2.24, 2.45) is 4.99 Å². The van der Waals surface area contributed by atoms with Gasteiger partial charge in [-0.25, -0.2) is 9.98 Å². The van der Waals surface area contributed by atoms with Crippen LogP contribution in [0.4, 0.5) is 5.00 Å². The van der Waals surface area contributed by atoms with Crippen molar-refractivity contribution < 1.29 is 0 Å². The van der Waals surface area contributed by atoms with E-state index >= 15 is 0 Å². The van der Waals surface area contributed by atoms with E-state index in [1.807, 2.05) is 20.8 Å². The van der Waals surface area contributed by atoms with Gasteiger partial charge in [-0.15, -0.1) is 0 Å². The van der Waals surface area contributed by atoms with Crippen LogP contribution in [0.3, 0.4) is 0 Å². The standard InChI is InChI=1S/C7H10N2S/c1-4-8-7-5(2)9-6(3)10-7/h4H,1-3H3/b8-4+. The molecule has 0 radical (unpaired) electrons. The van der Waals surface area contributed by atoms with Crippen LogP contribution in [0.25, 0.3) is 0 Å². The number of thiazole rings is 1. The third-order valence-electron chi connectivity index (χ3n) is 1.13. The summed E-state index contributed by atoms with van der Waals surface area (Å²) in [7, 11) is 0. The molecule has 0 N–H and O–H groups in total. The molecule has 0 aromatic carbocycles. The maximum Gasteiger partial charge on any atom is 0.138 e. The van der Waals surface area contributed by atoms with Gasteiger partial charge < -0.3 is 0 Å². The molecule has 0 aliphatic heterocycles. The Bertz CT molecular complexity index is 250. The van der Waals surface area contributed by atoms with Gasteiger partial charge in [-0.3, -0.25) is 0 Å². The first-order valence-electron chi connectivity index (χ1n) is 3.16. The van der Waals surface area contributed by atoms with Gasteiger partial charge in [0.25, 0.3) is 0 Å². The molecule has 54 valence electrons. The van der Waals surface area contributed by atoms with Crippen molar-refractivity contribution in [2.75, 3.05) is 0 Å². The summed E-state index contributed by atoms with van der Waals surface area (Å²) in [5.41, 5.74) is 1.03. The molecular formula is C7H10N2S. The van der Waals surface area contributed by atoms with Crippen LogP contribution >= 0.6 is 11.3 Å². The van der Waals surface area contributed by atoms with Crippen LogP contribution in [0.15, 0.2) is 4.99 Å². The molecule has 0 aliphatic carbocycles. The number of aliphatic imine (C=N–C) groups is 1. The van der Waals surface area contributed by atoms with Crippen molar-refractivity contribution >= 4 is 22.6 Å². The van der Waals surface area contributed by atoms with E-state index in [0.29, 0.717) is 0 Å². The van der Waals surface area contributed by atoms with E-state index in [4.69, 9.17) is 0 Å². The highest BCUT2D eigenvalue weighted by Crippen LogP contribution is 2.25. The molecule has 0 aliphatic rings. The molecule has 1 aromatic heterocycles. The SMILES string of the molecule is C/C=N/c1sc(C)nc1C. The molecule has 0 fully saturated rings. The highest BCUT2D eigenvalue weighted by Gasteiger charge is 1.99. The summed E-state index contributed by atoms with van der Waals surface area (Å²) in [5, 5.41) is 2.11. The van der Waals surface area contributed by atoms with E-state index in [9.17, 15) is 0 Å². The Labute approximate surface area is 64.6 Å². The topological polar surface area (TPSA) is 25.2 Å². The van der Waals surface area contributed by atoms with Gasteiger partial charge in [-0.1, -0.05) is 11.3 Å². The average molecular weight is 154 g/mol. The molecule has 0 atom stereocenters. The van der Waals surface area contributed by atoms with Gasteiger partial charge in [0.15, 0.2) is 0 Å². The van der Waals surface area contributed by atoms with E-state index < -0.39 is 0 Å². The third-order valence-corrected chi connectivity index (χ3v) is 2.11. The maximum absolute atomic E-state index is 4.23. The second-order valence-electron chi connectivity index (χ2n) is 2.01. The lowest BCUT2D eigenvalue weighted by atomic mass is 10.5. The van der Waals surface area contributed by atoms with Gasteiger partial charge >= 0.3 is 0 Å². The fraction of sp³-hybridized carbons (Fsp3) is 0.429. The van der Waals surface area contributed by atoms with Crippen molar-refractivity contribution in [2.45, 2.75) is 20.8 Å². The first kappa shape index (κ1) is 7.41. The van der Waals surface area contributed by atoms with Gasteiger partial charge in [-0.2, -0.15) is 0 Å². The summed E-state index contributed by atoms with van der Waals surface area (Å²) in [6.07, 6.45) is 1.79. The summed E-state index contributed by atoms with van der Waals surface area (Å²) < 4.78 is 0. The molecule has 10 heavy (non-hydrogen) atoms. The van der Waals surface area contributed by atoms with Crippen LogP contribution in [-0.4, -0.2) is 11.2 Å². The minimum Gasteiger partial charge on any atom is -0.249 e. The van der Waals surface area contributed by atoms with E-state index in [2.05, 4.69) is 9.98 Å². The fourth-order valence-corrected chi connectivity index (χ4v) is 1.57. The van der Waals surface area contributed by atoms with E-state index in [1.165, 1.54) is 0 Å². The number of rotatable bonds is 1. The smallest absolute Gasteiger partial charge is 0.138 e. The van der Waals surface area contributed by atoms with Crippen LogP contribution in [0.5, 0.6) is 0 Å². The number of nitrogens with zero attached hydrogens (tertiary/aromatic N) is 2. The second-order valence-corrected chi connectivity index (χ2v) is 3.19. The lowest BCUT2D eigenvalue weighted by molar-refractivity contribution is 1.19. The monoisotopic (exact) mass is 154 g/mol. The summed E-state index contributed by atoms with van der Waals surface area (Å²) in [6.45, 7) is 5.88. The fourth-order valence-electron chi connectivity index (χ4n) is 0.758. The Morgan fingerprint density at radius 3 is 2.60 bits per heavy atom. The minimum atomic E-state index is 1.03. The van der Waals surface area contributed by atoms with Crippen molar-refractivity contribution in [3.63, 3.8) is 0 Å². The summed E-state index contributed by atoms with van der Waals surface area (Å²) in [6, 6.07) is 0. The van der Waals surface area contributed by atoms with Crippen LogP contribution < -0.4 is 0 Å². The molecule has 3 heteroatoms. The van der Waals surface area contributed by atoms with Crippen molar-refractivity contribution in [3.8, 4) is 0 Å². The zero-order valence-electron chi connectivity index (χ0n) is 6.38. The van der Waals surface area contributed by atoms with Gasteiger partial charge in [0.05, 0.1) is 10.7 Å². The van der Waals surface area contributed by atoms with Gasteiger partial charge in [-0.05, 0) is 20.8 Å². The normalized spacial score (nSPS) is 11.1. The molecular weight excluding hydrogens is 144 g/mol. The Morgan fingerprint density at radius 1 is 1.50 bits per heavy atom. The third kappa shape index (κ3) is 1.42. The first-order valence-corrected chi connectivity index (χ1v) is 3.98. The molecule has 1 rings (SSSR count). The molecule has 0 bridgehead atoms. The number of aromatic nitrogens is 1. The predicted molar refractivity (Wildman–Crippen MR) is 45.4 cm³/mol. The quantitative estimate of drug-likeness (QED) is 0.570. The average Bonchev–Trinajstić information content (AvgIpc) is 2.13. The van der Waals surface area contributed by atoms with E-state index in [1.54, 1.807) is 17.6 Å².